The minimum atomic E-state index is -0.621. The van der Waals surface area contributed by atoms with Gasteiger partial charge >= 0.3 is 5.97 Å². The second-order valence-electron chi connectivity index (χ2n) is 6.39. The van der Waals surface area contributed by atoms with Gasteiger partial charge in [-0.25, -0.2) is 9.48 Å². The summed E-state index contributed by atoms with van der Waals surface area (Å²) in [5, 5.41) is 10.7. The highest BCUT2D eigenvalue weighted by Crippen LogP contribution is 2.33. The number of ether oxygens (including phenoxy) is 3. The molecule has 160 valence electrons. The van der Waals surface area contributed by atoms with E-state index in [4.69, 9.17) is 14.2 Å². The number of nitrogens with zero attached hydrogens (tertiary/aromatic N) is 3. The van der Waals surface area contributed by atoms with Crippen LogP contribution in [0.5, 0.6) is 11.5 Å². The topological polar surface area (TPSA) is 105 Å². The number of rotatable bonds is 8. The van der Waals surface area contributed by atoms with E-state index in [0.29, 0.717) is 23.7 Å². The predicted octanol–water partition coefficient (Wildman–Crippen LogP) is 2.78. The number of hydrogen-bond donors (Lipinski definition) is 1. The Bertz CT molecular complexity index is 1090. The van der Waals surface area contributed by atoms with Crippen LogP contribution in [-0.4, -0.2) is 48.2 Å². The molecule has 9 nitrogen and oxygen atoms in total. The van der Waals surface area contributed by atoms with E-state index < -0.39 is 11.9 Å². The third kappa shape index (κ3) is 5.47. The van der Waals surface area contributed by atoms with Gasteiger partial charge in [-0.2, -0.15) is 0 Å². The second-order valence-corrected chi connectivity index (χ2v) is 6.39. The van der Waals surface area contributed by atoms with Crippen LogP contribution in [0, 0.1) is 0 Å². The predicted molar refractivity (Wildman–Crippen MR) is 114 cm³/mol. The van der Waals surface area contributed by atoms with Crippen molar-refractivity contribution in [2.24, 2.45) is 0 Å². The summed E-state index contributed by atoms with van der Waals surface area (Å²) in [5.41, 5.74) is 1.97. The van der Waals surface area contributed by atoms with Gasteiger partial charge in [0.2, 0.25) is 5.91 Å². The standard InChI is InChI=1S/C22H22N4O5/c1-29-19-11-17(22(28)31-3)18(12-20(19)30-2)23-21(27)10-9-16-14-26(25-24-16)13-15-7-5-4-6-8-15/h4-12,14H,13H2,1-3H3,(H,23,27)/b10-9+. The molecule has 0 aliphatic carbocycles. The van der Waals surface area contributed by atoms with Gasteiger partial charge in [0.15, 0.2) is 11.5 Å². The maximum atomic E-state index is 12.4. The van der Waals surface area contributed by atoms with Crippen molar-refractivity contribution in [3.63, 3.8) is 0 Å². The molecule has 0 aliphatic heterocycles. The van der Waals surface area contributed by atoms with Crippen LogP contribution in [0.2, 0.25) is 0 Å². The Morgan fingerprint density at radius 2 is 1.77 bits per heavy atom. The molecule has 0 unspecified atom stereocenters. The Hall–Kier alpha value is -4.14. The molecule has 1 aromatic heterocycles. The normalized spacial score (nSPS) is 10.7. The smallest absolute Gasteiger partial charge is 0.340 e. The van der Waals surface area contributed by atoms with Crippen molar-refractivity contribution in [2.45, 2.75) is 6.54 Å². The Morgan fingerprint density at radius 3 is 2.45 bits per heavy atom. The number of methoxy groups -OCH3 is 3. The fourth-order valence-electron chi connectivity index (χ4n) is 2.83. The van der Waals surface area contributed by atoms with Gasteiger partial charge in [-0.05, 0) is 11.6 Å². The number of hydrogen-bond acceptors (Lipinski definition) is 7. The molecular weight excluding hydrogens is 400 g/mol. The lowest BCUT2D eigenvalue weighted by atomic mass is 10.1. The molecule has 1 heterocycles. The molecular formula is C22H22N4O5. The maximum Gasteiger partial charge on any atom is 0.340 e. The van der Waals surface area contributed by atoms with Gasteiger partial charge in [-0.1, -0.05) is 35.5 Å². The van der Waals surface area contributed by atoms with E-state index in [1.807, 2.05) is 30.3 Å². The number of carbonyl (C=O) groups is 2. The third-order valence-electron chi connectivity index (χ3n) is 4.34. The lowest BCUT2D eigenvalue weighted by Gasteiger charge is -2.13. The van der Waals surface area contributed by atoms with Crippen LogP contribution in [0.15, 0.2) is 54.7 Å². The molecule has 2 aromatic carbocycles. The van der Waals surface area contributed by atoms with Crippen LogP contribution >= 0.6 is 0 Å². The van der Waals surface area contributed by atoms with Crippen LogP contribution in [0.1, 0.15) is 21.6 Å². The highest BCUT2D eigenvalue weighted by Gasteiger charge is 2.18. The van der Waals surface area contributed by atoms with Crippen molar-refractivity contribution in [3.05, 3.63) is 71.6 Å². The molecule has 31 heavy (non-hydrogen) atoms. The van der Waals surface area contributed by atoms with Crippen molar-refractivity contribution >= 4 is 23.6 Å². The monoisotopic (exact) mass is 422 g/mol. The van der Waals surface area contributed by atoms with Crippen molar-refractivity contribution in [3.8, 4) is 11.5 Å². The number of esters is 1. The Kier molecular flexibility index (Phi) is 7.00. The largest absolute Gasteiger partial charge is 0.493 e. The van der Waals surface area contributed by atoms with Gasteiger partial charge in [-0.15, -0.1) is 5.10 Å². The zero-order valence-corrected chi connectivity index (χ0v) is 17.4. The molecule has 0 spiro atoms. The summed E-state index contributed by atoms with van der Waals surface area (Å²) in [5.74, 6) is -0.385. The summed E-state index contributed by atoms with van der Waals surface area (Å²) >= 11 is 0. The van der Waals surface area contributed by atoms with Crippen LogP contribution in [-0.2, 0) is 16.1 Å². The van der Waals surface area contributed by atoms with Crippen LogP contribution in [0.4, 0.5) is 5.69 Å². The van der Waals surface area contributed by atoms with E-state index in [9.17, 15) is 9.59 Å². The van der Waals surface area contributed by atoms with Crippen LogP contribution < -0.4 is 14.8 Å². The number of anilines is 1. The van der Waals surface area contributed by atoms with E-state index >= 15 is 0 Å². The molecule has 0 fully saturated rings. The van der Waals surface area contributed by atoms with Crippen molar-refractivity contribution in [1.29, 1.82) is 0 Å². The van der Waals surface area contributed by atoms with Crippen LogP contribution in [0.25, 0.3) is 6.08 Å². The van der Waals surface area contributed by atoms with Crippen molar-refractivity contribution in [1.82, 2.24) is 15.0 Å². The zero-order valence-electron chi connectivity index (χ0n) is 17.4. The fourth-order valence-corrected chi connectivity index (χ4v) is 2.83. The lowest BCUT2D eigenvalue weighted by Crippen LogP contribution is -2.13. The van der Waals surface area contributed by atoms with E-state index in [2.05, 4.69) is 15.6 Å². The molecule has 0 bridgehead atoms. The Labute approximate surface area is 179 Å². The number of amides is 1. The molecule has 0 atom stereocenters. The first kappa shape index (κ1) is 21.6. The van der Waals surface area contributed by atoms with E-state index in [0.717, 1.165) is 5.56 Å². The molecule has 0 aliphatic rings. The summed E-state index contributed by atoms with van der Waals surface area (Å²) < 4.78 is 16.9. The number of benzene rings is 2. The Balaban J connectivity index is 1.73. The summed E-state index contributed by atoms with van der Waals surface area (Å²) in [6, 6.07) is 12.8. The molecule has 1 N–H and O–H groups in total. The van der Waals surface area contributed by atoms with Gasteiger partial charge in [0, 0.05) is 18.2 Å². The molecule has 1 amide bonds. The summed E-state index contributed by atoms with van der Waals surface area (Å²) in [7, 11) is 4.16. The first-order valence-electron chi connectivity index (χ1n) is 9.31. The molecule has 0 saturated carbocycles. The molecule has 0 saturated heterocycles. The molecule has 3 rings (SSSR count). The van der Waals surface area contributed by atoms with E-state index in [-0.39, 0.29) is 11.3 Å². The van der Waals surface area contributed by atoms with Gasteiger partial charge < -0.3 is 19.5 Å². The summed E-state index contributed by atoms with van der Waals surface area (Å²) in [6.07, 6.45) is 4.56. The van der Waals surface area contributed by atoms with Crippen molar-refractivity contribution in [2.75, 3.05) is 26.6 Å². The quantitative estimate of drug-likeness (QED) is 0.440. The molecule has 3 aromatic rings. The lowest BCUT2D eigenvalue weighted by molar-refractivity contribution is -0.111. The maximum absolute atomic E-state index is 12.4. The fraction of sp³-hybridized carbons (Fsp3) is 0.182. The van der Waals surface area contributed by atoms with Gasteiger partial charge in [0.1, 0.15) is 5.69 Å². The SMILES string of the molecule is COC(=O)c1cc(OC)c(OC)cc1NC(=O)/C=C/c1cn(Cc2ccccc2)nn1. The van der Waals surface area contributed by atoms with Gasteiger partial charge in [0.25, 0.3) is 0 Å². The van der Waals surface area contributed by atoms with E-state index in [1.54, 1.807) is 10.9 Å². The minimum absolute atomic E-state index is 0.135. The first-order valence-corrected chi connectivity index (χ1v) is 9.31. The number of aromatic nitrogens is 3. The van der Waals surface area contributed by atoms with Crippen LogP contribution in [0.3, 0.4) is 0 Å². The van der Waals surface area contributed by atoms with Gasteiger partial charge in [-0.3, -0.25) is 4.79 Å². The van der Waals surface area contributed by atoms with Crippen molar-refractivity contribution < 1.29 is 23.8 Å². The number of nitrogens with one attached hydrogen (secondary N) is 1. The first-order chi connectivity index (χ1) is 15.0. The third-order valence-corrected chi connectivity index (χ3v) is 4.34. The second kappa shape index (κ2) is 10.1. The number of carbonyl (C=O) groups excluding carboxylic acids is 2. The summed E-state index contributed by atoms with van der Waals surface area (Å²) in [6.45, 7) is 0.571. The average molecular weight is 422 g/mol. The highest BCUT2D eigenvalue weighted by molar-refractivity contribution is 6.06. The highest BCUT2D eigenvalue weighted by atomic mass is 16.5. The van der Waals surface area contributed by atoms with E-state index in [1.165, 1.54) is 45.6 Å². The zero-order chi connectivity index (χ0) is 22.2. The summed E-state index contributed by atoms with van der Waals surface area (Å²) in [4.78, 5) is 24.5. The van der Waals surface area contributed by atoms with Gasteiger partial charge in [0.05, 0.1) is 45.3 Å². The minimum Gasteiger partial charge on any atom is -0.493 e. The molecule has 0 radical (unpaired) electrons. The Morgan fingerprint density at radius 1 is 1.06 bits per heavy atom. The average Bonchev–Trinajstić information content (AvgIpc) is 3.24. The molecule has 9 heteroatoms.